The minimum Gasteiger partial charge on any atom is -0.492 e. The molecule has 32 heavy (non-hydrogen) atoms. The molecule has 10 heteroatoms. The van der Waals surface area contributed by atoms with Gasteiger partial charge in [0, 0.05) is 36.2 Å². The average Bonchev–Trinajstić information content (AvgIpc) is 2.78. The molecule has 3 rings (SSSR count). The standard InChI is InChI=1S/C22H26N4O5S/c1-16(25-32(29,30)20-6-3-2-4-7-20)14-24-22(28)17-12-18-8-9-19(31-11-5-10-23)15-26(18)21(27)13-17/h2-4,6-9,12-13,15-16,25H,5,10-11,14,23H2,1H3,(H,24,28)/p+1/t16-/m1/s1. The fraction of sp³-hybridized carbons (Fsp3) is 0.273. The van der Waals surface area contributed by atoms with Gasteiger partial charge in [0.05, 0.1) is 24.2 Å². The Labute approximate surface area is 186 Å². The third-order valence-electron chi connectivity index (χ3n) is 4.68. The van der Waals surface area contributed by atoms with E-state index in [0.29, 0.717) is 17.9 Å². The quantitative estimate of drug-likeness (QED) is 0.378. The van der Waals surface area contributed by atoms with Gasteiger partial charge in [-0.15, -0.1) is 0 Å². The SMILES string of the molecule is C[C@H](CNC(=O)c1cc(=O)n2cc(OCCC[NH3+])ccc2c1)NS(=O)(=O)c1ccccc1. The van der Waals surface area contributed by atoms with Crippen molar-refractivity contribution in [3.05, 3.63) is 76.7 Å². The molecule has 0 aliphatic rings. The van der Waals surface area contributed by atoms with Gasteiger partial charge >= 0.3 is 0 Å². The molecule has 0 aliphatic heterocycles. The number of amides is 1. The molecule has 0 spiro atoms. The van der Waals surface area contributed by atoms with E-state index in [2.05, 4.69) is 15.8 Å². The van der Waals surface area contributed by atoms with Crippen LogP contribution in [0.25, 0.3) is 5.52 Å². The number of nitrogens with one attached hydrogen (secondary N) is 2. The Morgan fingerprint density at radius 1 is 1.16 bits per heavy atom. The van der Waals surface area contributed by atoms with Crippen molar-refractivity contribution in [1.29, 1.82) is 0 Å². The van der Waals surface area contributed by atoms with Gasteiger partial charge in [-0.05, 0) is 37.3 Å². The second kappa shape index (κ2) is 10.4. The first-order chi connectivity index (χ1) is 15.3. The number of hydrogen-bond donors (Lipinski definition) is 3. The molecular weight excluding hydrogens is 432 g/mol. The highest BCUT2D eigenvalue weighted by atomic mass is 32.2. The van der Waals surface area contributed by atoms with Gasteiger partial charge in [0.15, 0.2) is 0 Å². The van der Waals surface area contributed by atoms with Gasteiger partial charge in [-0.2, -0.15) is 0 Å². The van der Waals surface area contributed by atoms with Crippen LogP contribution in [0.5, 0.6) is 5.75 Å². The molecule has 5 N–H and O–H groups in total. The highest BCUT2D eigenvalue weighted by Crippen LogP contribution is 2.13. The summed E-state index contributed by atoms with van der Waals surface area (Å²) in [5.41, 5.74) is 4.13. The van der Waals surface area contributed by atoms with Crippen LogP contribution in [-0.4, -0.2) is 44.5 Å². The molecule has 3 aromatic rings. The molecule has 170 valence electrons. The second-order valence-corrected chi connectivity index (χ2v) is 9.06. The molecule has 0 radical (unpaired) electrons. The third kappa shape index (κ3) is 5.94. The lowest BCUT2D eigenvalue weighted by molar-refractivity contribution is -0.368. The van der Waals surface area contributed by atoms with Crippen LogP contribution in [0, 0.1) is 0 Å². The van der Waals surface area contributed by atoms with Crippen LogP contribution in [0.3, 0.4) is 0 Å². The maximum Gasteiger partial charge on any atom is 0.255 e. The number of rotatable bonds is 10. The van der Waals surface area contributed by atoms with Crippen LogP contribution < -0.4 is 26.1 Å². The first kappa shape index (κ1) is 23.5. The molecule has 1 aromatic carbocycles. The van der Waals surface area contributed by atoms with E-state index < -0.39 is 22.0 Å². The minimum atomic E-state index is -3.69. The van der Waals surface area contributed by atoms with E-state index in [0.717, 1.165) is 13.0 Å². The summed E-state index contributed by atoms with van der Waals surface area (Å²) < 4.78 is 34.3. The van der Waals surface area contributed by atoms with Crippen LogP contribution in [0.4, 0.5) is 0 Å². The highest BCUT2D eigenvalue weighted by Gasteiger charge is 2.18. The molecule has 1 amide bonds. The van der Waals surface area contributed by atoms with Gasteiger partial charge in [-0.1, -0.05) is 18.2 Å². The zero-order valence-corrected chi connectivity index (χ0v) is 18.6. The Morgan fingerprint density at radius 3 is 2.62 bits per heavy atom. The number of quaternary nitrogens is 1. The molecule has 0 saturated heterocycles. The number of fused-ring (bicyclic) bond motifs is 1. The molecular formula is C22H27N4O5S+. The summed E-state index contributed by atoms with van der Waals surface area (Å²) in [4.78, 5) is 25.2. The molecule has 0 aliphatic carbocycles. The van der Waals surface area contributed by atoms with Crippen LogP contribution in [0.2, 0.25) is 0 Å². The number of carbonyl (C=O) groups is 1. The normalized spacial score (nSPS) is 12.4. The zero-order chi connectivity index (χ0) is 23.1. The molecule has 2 aromatic heterocycles. The Morgan fingerprint density at radius 2 is 1.91 bits per heavy atom. The number of nitrogens with zero attached hydrogens (tertiary/aromatic N) is 1. The van der Waals surface area contributed by atoms with Crippen molar-refractivity contribution in [2.75, 3.05) is 19.7 Å². The van der Waals surface area contributed by atoms with Gasteiger partial charge in [-0.3, -0.25) is 14.0 Å². The number of ether oxygens (including phenoxy) is 1. The van der Waals surface area contributed by atoms with Crippen molar-refractivity contribution < 1.29 is 23.7 Å². The summed E-state index contributed by atoms with van der Waals surface area (Å²) >= 11 is 0. The highest BCUT2D eigenvalue weighted by molar-refractivity contribution is 7.89. The molecule has 0 unspecified atom stereocenters. The number of benzene rings is 1. The van der Waals surface area contributed by atoms with Crippen molar-refractivity contribution in [3.63, 3.8) is 0 Å². The van der Waals surface area contributed by atoms with E-state index in [1.54, 1.807) is 49.5 Å². The van der Waals surface area contributed by atoms with E-state index in [9.17, 15) is 18.0 Å². The third-order valence-corrected chi connectivity index (χ3v) is 6.28. The van der Waals surface area contributed by atoms with Gasteiger partial charge in [-0.25, -0.2) is 13.1 Å². The van der Waals surface area contributed by atoms with E-state index in [1.165, 1.54) is 22.6 Å². The Balaban J connectivity index is 1.65. The summed E-state index contributed by atoms with van der Waals surface area (Å²) in [5, 5.41) is 2.67. The van der Waals surface area contributed by atoms with Crippen LogP contribution in [0.15, 0.2) is 70.5 Å². The lowest BCUT2D eigenvalue weighted by atomic mass is 10.2. The lowest BCUT2D eigenvalue weighted by Crippen LogP contribution is -2.50. The Bertz CT molecular complexity index is 1240. The van der Waals surface area contributed by atoms with E-state index in [-0.39, 0.29) is 22.6 Å². The number of hydrogen-bond acceptors (Lipinski definition) is 5. The van der Waals surface area contributed by atoms with E-state index >= 15 is 0 Å². The van der Waals surface area contributed by atoms with E-state index in [4.69, 9.17) is 4.74 Å². The van der Waals surface area contributed by atoms with Crippen LogP contribution >= 0.6 is 0 Å². The van der Waals surface area contributed by atoms with Gasteiger partial charge in [0.1, 0.15) is 5.75 Å². The van der Waals surface area contributed by atoms with Crippen molar-refractivity contribution in [3.8, 4) is 5.75 Å². The lowest BCUT2D eigenvalue weighted by Gasteiger charge is -2.15. The molecule has 9 nitrogen and oxygen atoms in total. The minimum absolute atomic E-state index is 0.0589. The predicted octanol–water partition coefficient (Wildman–Crippen LogP) is 0.407. The van der Waals surface area contributed by atoms with Crippen molar-refractivity contribution in [2.24, 2.45) is 0 Å². The summed E-state index contributed by atoms with van der Waals surface area (Å²) in [7, 11) is -3.69. The molecule has 0 bridgehead atoms. The van der Waals surface area contributed by atoms with Crippen LogP contribution in [0.1, 0.15) is 23.7 Å². The Kier molecular flexibility index (Phi) is 7.62. The summed E-state index contributed by atoms with van der Waals surface area (Å²) in [5.74, 6) is 0.0934. The molecule has 2 heterocycles. The molecule has 0 fully saturated rings. The zero-order valence-electron chi connectivity index (χ0n) is 17.8. The number of pyridine rings is 2. The number of aromatic nitrogens is 1. The first-order valence-corrected chi connectivity index (χ1v) is 11.7. The summed E-state index contributed by atoms with van der Waals surface area (Å²) in [6, 6.07) is 13.7. The maximum atomic E-state index is 12.6. The second-order valence-electron chi connectivity index (χ2n) is 7.34. The van der Waals surface area contributed by atoms with Crippen molar-refractivity contribution in [1.82, 2.24) is 14.4 Å². The van der Waals surface area contributed by atoms with Gasteiger partial charge < -0.3 is 15.8 Å². The van der Waals surface area contributed by atoms with Crippen molar-refractivity contribution in [2.45, 2.75) is 24.3 Å². The topological polar surface area (TPSA) is 134 Å². The smallest absolute Gasteiger partial charge is 0.255 e. The van der Waals surface area contributed by atoms with Crippen molar-refractivity contribution >= 4 is 21.4 Å². The largest absolute Gasteiger partial charge is 0.492 e. The predicted molar refractivity (Wildman–Crippen MR) is 120 cm³/mol. The molecule has 1 atom stereocenters. The maximum absolute atomic E-state index is 12.6. The number of carbonyl (C=O) groups excluding carboxylic acids is 1. The van der Waals surface area contributed by atoms with Gasteiger partial charge in [0.25, 0.3) is 11.5 Å². The average molecular weight is 460 g/mol. The monoisotopic (exact) mass is 459 g/mol. The van der Waals surface area contributed by atoms with Crippen LogP contribution in [-0.2, 0) is 10.0 Å². The molecule has 0 saturated carbocycles. The fourth-order valence-electron chi connectivity index (χ4n) is 3.04. The van der Waals surface area contributed by atoms with E-state index in [1.807, 2.05) is 0 Å². The summed E-state index contributed by atoms with van der Waals surface area (Å²) in [6.45, 7) is 2.98. The Hall–Kier alpha value is -3.21. The summed E-state index contributed by atoms with van der Waals surface area (Å²) in [6.07, 6.45) is 2.40. The first-order valence-electron chi connectivity index (χ1n) is 10.2. The fourth-order valence-corrected chi connectivity index (χ4v) is 4.30. The number of sulfonamides is 1. The van der Waals surface area contributed by atoms with Gasteiger partial charge in [0.2, 0.25) is 10.0 Å².